The quantitative estimate of drug-likeness (QED) is 0.557. The zero-order valence-electron chi connectivity index (χ0n) is 17.2. The van der Waals surface area contributed by atoms with E-state index in [0.29, 0.717) is 24.1 Å². The van der Waals surface area contributed by atoms with Crippen molar-refractivity contribution in [3.63, 3.8) is 0 Å². The Kier molecular flexibility index (Phi) is 7.11. The summed E-state index contributed by atoms with van der Waals surface area (Å²) in [6.07, 6.45) is 1.71. The lowest BCUT2D eigenvalue weighted by atomic mass is 10.1. The van der Waals surface area contributed by atoms with Crippen molar-refractivity contribution < 1.29 is 9.53 Å². The van der Waals surface area contributed by atoms with Crippen LogP contribution in [-0.4, -0.2) is 53.2 Å². The van der Waals surface area contributed by atoms with Crippen LogP contribution in [0.15, 0.2) is 64.1 Å². The summed E-state index contributed by atoms with van der Waals surface area (Å²) in [5.74, 6) is -0.0941. The van der Waals surface area contributed by atoms with E-state index in [1.54, 1.807) is 12.1 Å². The molecule has 1 amide bonds. The van der Waals surface area contributed by atoms with Gasteiger partial charge >= 0.3 is 0 Å². The first-order valence-corrected chi connectivity index (χ1v) is 11.2. The summed E-state index contributed by atoms with van der Waals surface area (Å²) in [7, 11) is 0. The highest BCUT2D eigenvalue weighted by Gasteiger charge is 2.20. The number of benzene rings is 2. The Labute approximate surface area is 189 Å². The van der Waals surface area contributed by atoms with Crippen molar-refractivity contribution in [2.75, 3.05) is 32.8 Å². The van der Waals surface area contributed by atoms with Crippen molar-refractivity contribution in [1.29, 1.82) is 0 Å². The first-order chi connectivity index (χ1) is 15.1. The van der Waals surface area contributed by atoms with Crippen LogP contribution in [0, 0.1) is 0 Å². The lowest BCUT2D eigenvalue weighted by molar-refractivity contribution is -0.122. The summed E-state index contributed by atoms with van der Waals surface area (Å²) >= 11 is 3.39. The molecule has 7 nitrogen and oxygen atoms in total. The second-order valence-corrected chi connectivity index (χ2v) is 8.51. The maximum absolute atomic E-state index is 12.8. The van der Waals surface area contributed by atoms with Crippen LogP contribution in [0.25, 0.3) is 10.9 Å². The number of carbonyl (C=O) groups excluding carboxylic acids is 1. The number of hydrogen-bond donors (Lipinski definition) is 1. The number of halogens is 1. The van der Waals surface area contributed by atoms with Crippen molar-refractivity contribution in [2.24, 2.45) is 0 Å². The number of aromatic nitrogens is 2. The highest BCUT2D eigenvalue weighted by Crippen LogP contribution is 2.16. The number of aryl methyl sites for hydroxylation is 1. The van der Waals surface area contributed by atoms with E-state index in [1.165, 1.54) is 10.9 Å². The molecule has 1 aliphatic heterocycles. The minimum Gasteiger partial charge on any atom is -0.379 e. The third kappa shape index (κ3) is 5.58. The summed E-state index contributed by atoms with van der Waals surface area (Å²) in [6, 6.07) is 15.3. The number of hydrogen-bond acceptors (Lipinski definition) is 5. The molecule has 1 aromatic heterocycles. The fourth-order valence-corrected chi connectivity index (χ4v) is 4.10. The minimum absolute atomic E-state index is 0.0941. The molecule has 1 saturated heterocycles. The number of carbonyl (C=O) groups is 1. The number of nitrogens with zero attached hydrogens (tertiary/aromatic N) is 3. The van der Waals surface area contributed by atoms with E-state index >= 15 is 0 Å². The molecule has 0 spiro atoms. The van der Waals surface area contributed by atoms with Gasteiger partial charge in [0.05, 0.1) is 36.5 Å². The van der Waals surface area contributed by atoms with Crippen LogP contribution in [-0.2, 0) is 16.1 Å². The van der Waals surface area contributed by atoms with Crippen molar-refractivity contribution in [2.45, 2.75) is 19.0 Å². The first-order valence-electron chi connectivity index (χ1n) is 10.4. The van der Waals surface area contributed by atoms with Crippen molar-refractivity contribution in [3.05, 3.63) is 75.2 Å². The van der Waals surface area contributed by atoms with Gasteiger partial charge in [0, 0.05) is 37.1 Å². The summed E-state index contributed by atoms with van der Waals surface area (Å²) in [5, 5.41) is 3.69. The molecule has 8 heteroatoms. The van der Waals surface area contributed by atoms with E-state index in [-0.39, 0.29) is 30.5 Å². The number of fused-ring (bicyclic) bond motifs is 1. The van der Waals surface area contributed by atoms with Crippen LogP contribution in [0.3, 0.4) is 0 Å². The van der Waals surface area contributed by atoms with E-state index < -0.39 is 0 Å². The number of morpholine rings is 1. The van der Waals surface area contributed by atoms with Crippen molar-refractivity contribution in [1.82, 2.24) is 19.8 Å². The summed E-state index contributed by atoms with van der Waals surface area (Å²) in [4.78, 5) is 32.2. The lowest BCUT2D eigenvalue weighted by Crippen LogP contribution is -2.43. The molecule has 4 rings (SSSR count). The molecular weight excluding hydrogens is 460 g/mol. The molecule has 0 aliphatic carbocycles. The van der Waals surface area contributed by atoms with E-state index in [4.69, 9.17) is 4.74 Å². The Hall–Kier alpha value is -2.55. The highest BCUT2D eigenvalue weighted by atomic mass is 79.9. The number of rotatable bonds is 7. The molecule has 0 bridgehead atoms. The predicted molar refractivity (Wildman–Crippen MR) is 123 cm³/mol. The van der Waals surface area contributed by atoms with Gasteiger partial charge in [0.15, 0.2) is 0 Å². The van der Waals surface area contributed by atoms with Crippen LogP contribution in [0.4, 0.5) is 0 Å². The number of amides is 1. The van der Waals surface area contributed by atoms with E-state index in [2.05, 4.69) is 31.1 Å². The number of nitrogens with one attached hydrogen (secondary N) is 1. The van der Waals surface area contributed by atoms with Crippen LogP contribution in [0.1, 0.15) is 18.0 Å². The molecule has 1 unspecified atom stereocenters. The molecule has 2 aromatic carbocycles. The molecule has 3 aromatic rings. The SMILES string of the molecule is O=C(CCn1cnc2ccc(Br)cc2c1=O)NC(CN1CCOCC1)c1ccccc1. The Bertz CT molecular complexity index is 1100. The normalized spacial score (nSPS) is 15.6. The zero-order chi connectivity index (χ0) is 21.6. The summed E-state index contributed by atoms with van der Waals surface area (Å²) in [6.45, 7) is 4.14. The van der Waals surface area contributed by atoms with Crippen LogP contribution < -0.4 is 10.9 Å². The van der Waals surface area contributed by atoms with Gasteiger partial charge in [0.25, 0.3) is 5.56 Å². The second kappa shape index (κ2) is 10.2. The van der Waals surface area contributed by atoms with E-state index in [1.807, 2.05) is 36.4 Å². The van der Waals surface area contributed by atoms with Gasteiger partial charge in [0.1, 0.15) is 0 Å². The smallest absolute Gasteiger partial charge is 0.261 e. The third-order valence-electron chi connectivity index (χ3n) is 5.45. The monoisotopic (exact) mass is 484 g/mol. The zero-order valence-corrected chi connectivity index (χ0v) is 18.8. The Morgan fingerprint density at radius 1 is 1.16 bits per heavy atom. The fraction of sp³-hybridized carbons (Fsp3) is 0.348. The third-order valence-corrected chi connectivity index (χ3v) is 5.94. The topological polar surface area (TPSA) is 76.5 Å². The molecule has 1 fully saturated rings. The molecule has 0 saturated carbocycles. The van der Waals surface area contributed by atoms with Crippen molar-refractivity contribution >= 4 is 32.7 Å². The Morgan fingerprint density at radius 3 is 2.71 bits per heavy atom. The molecule has 0 radical (unpaired) electrons. The predicted octanol–water partition coefficient (Wildman–Crippen LogP) is 2.74. The average molecular weight is 485 g/mol. The van der Waals surface area contributed by atoms with Crippen LogP contribution in [0.5, 0.6) is 0 Å². The van der Waals surface area contributed by atoms with E-state index in [0.717, 1.165) is 29.7 Å². The maximum Gasteiger partial charge on any atom is 0.261 e. The Balaban J connectivity index is 1.43. The largest absolute Gasteiger partial charge is 0.379 e. The van der Waals surface area contributed by atoms with Crippen molar-refractivity contribution in [3.8, 4) is 0 Å². The van der Waals surface area contributed by atoms with Crippen LogP contribution in [0.2, 0.25) is 0 Å². The molecule has 2 heterocycles. The average Bonchev–Trinajstić information content (AvgIpc) is 2.80. The molecule has 31 heavy (non-hydrogen) atoms. The van der Waals surface area contributed by atoms with Gasteiger partial charge in [-0.3, -0.25) is 19.1 Å². The molecule has 1 atom stereocenters. The second-order valence-electron chi connectivity index (χ2n) is 7.60. The van der Waals surface area contributed by atoms with Gasteiger partial charge in [-0.2, -0.15) is 0 Å². The standard InChI is InChI=1S/C23H25BrN4O3/c24-18-6-7-20-19(14-18)23(30)28(16-25-20)9-8-22(29)26-21(17-4-2-1-3-5-17)15-27-10-12-31-13-11-27/h1-7,14,16,21H,8-13,15H2,(H,26,29). The molecule has 1 aliphatic rings. The Morgan fingerprint density at radius 2 is 1.94 bits per heavy atom. The lowest BCUT2D eigenvalue weighted by Gasteiger charge is -2.31. The van der Waals surface area contributed by atoms with E-state index in [9.17, 15) is 9.59 Å². The van der Waals surface area contributed by atoms with Gasteiger partial charge in [-0.15, -0.1) is 0 Å². The maximum atomic E-state index is 12.8. The van der Waals surface area contributed by atoms with Crippen LogP contribution >= 0.6 is 15.9 Å². The van der Waals surface area contributed by atoms with Gasteiger partial charge in [-0.1, -0.05) is 46.3 Å². The molecule has 162 valence electrons. The summed E-state index contributed by atoms with van der Waals surface area (Å²) < 4.78 is 7.75. The van der Waals surface area contributed by atoms with Gasteiger partial charge < -0.3 is 10.1 Å². The first kappa shape index (κ1) is 21.7. The van der Waals surface area contributed by atoms with Gasteiger partial charge in [-0.25, -0.2) is 4.98 Å². The van der Waals surface area contributed by atoms with Gasteiger partial charge in [-0.05, 0) is 23.8 Å². The van der Waals surface area contributed by atoms with Gasteiger partial charge in [0.2, 0.25) is 5.91 Å². The molecular formula is C23H25BrN4O3. The minimum atomic E-state index is -0.146. The fourth-order valence-electron chi connectivity index (χ4n) is 3.74. The highest BCUT2D eigenvalue weighted by molar-refractivity contribution is 9.10. The summed E-state index contributed by atoms with van der Waals surface area (Å²) in [5.41, 5.74) is 1.56. The number of ether oxygens (including phenoxy) is 1. The molecule has 1 N–H and O–H groups in total.